The molecule has 0 heterocycles. The Labute approximate surface area is 50.7 Å². The maximum Gasteiger partial charge on any atom is 0.110 e. The van der Waals surface area contributed by atoms with Gasteiger partial charge in [-0.2, -0.15) is 0 Å². The van der Waals surface area contributed by atoms with Gasteiger partial charge in [0.25, 0.3) is 0 Å². The topological polar surface area (TPSA) is 46.2 Å². The third kappa shape index (κ3) is 5.92. The highest BCUT2D eigenvalue weighted by atomic mass is 16.3. The maximum absolute atomic E-state index is 8.97. The van der Waals surface area contributed by atoms with Crippen LogP contribution in [0.25, 0.3) is 0 Å². The molecule has 0 amide bonds. The Morgan fingerprint density at radius 2 is 2.00 bits per heavy atom. The second kappa shape index (κ2) is 2.46. The molecule has 0 aliphatic carbocycles. The number of rotatable bonds is 2. The van der Waals surface area contributed by atoms with Crippen molar-refractivity contribution >= 4 is 0 Å². The van der Waals surface area contributed by atoms with Gasteiger partial charge in [0.05, 0.1) is 0 Å². The van der Waals surface area contributed by atoms with Gasteiger partial charge in [-0.25, -0.2) is 0 Å². The zero-order valence-electron chi connectivity index (χ0n) is 5.81. The minimum Gasteiger partial charge on any atom is -0.376 e. The van der Waals surface area contributed by atoms with Crippen LogP contribution in [0.1, 0.15) is 27.2 Å². The van der Waals surface area contributed by atoms with E-state index in [0.717, 1.165) is 0 Å². The smallest absolute Gasteiger partial charge is 0.110 e. The molecule has 0 saturated heterocycles. The van der Waals surface area contributed by atoms with Crippen LogP contribution in [0.15, 0.2) is 0 Å². The second-order valence-corrected chi connectivity index (χ2v) is 2.96. The third-order valence-corrected chi connectivity index (χ3v) is 0.822. The van der Waals surface area contributed by atoms with E-state index in [1.165, 1.54) is 0 Å². The first-order valence-electron chi connectivity index (χ1n) is 2.93. The molecule has 1 atom stereocenters. The van der Waals surface area contributed by atoms with Crippen LogP contribution in [0.2, 0.25) is 0 Å². The number of nitrogens with two attached hydrogens (primary N) is 1. The molecule has 0 aromatic carbocycles. The number of aliphatic hydroxyl groups is 1. The first kappa shape index (κ1) is 7.92. The van der Waals surface area contributed by atoms with E-state index in [1.807, 2.05) is 13.8 Å². The SMILES string of the molecule is CC(C)C[C@@](C)(N)O. The molecule has 0 aromatic heterocycles. The molecule has 0 unspecified atom stereocenters. The summed E-state index contributed by atoms with van der Waals surface area (Å²) in [6.07, 6.45) is 0.660. The molecular formula is C6H15NO. The summed E-state index contributed by atoms with van der Waals surface area (Å²) in [7, 11) is 0. The van der Waals surface area contributed by atoms with Gasteiger partial charge in [0, 0.05) is 0 Å². The fourth-order valence-corrected chi connectivity index (χ4v) is 0.827. The molecule has 2 nitrogen and oxygen atoms in total. The molecule has 0 rings (SSSR count). The third-order valence-electron chi connectivity index (χ3n) is 0.822. The molecule has 0 spiro atoms. The molecule has 8 heavy (non-hydrogen) atoms. The van der Waals surface area contributed by atoms with E-state index in [1.54, 1.807) is 6.92 Å². The van der Waals surface area contributed by atoms with Gasteiger partial charge in [-0.3, -0.25) is 0 Å². The van der Waals surface area contributed by atoms with Crippen LogP contribution < -0.4 is 5.73 Å². The van der Waals surface area contributed by atoms with Crippen molar-refractivity contribution in [2.45, 2.75) is 32.9 Å². The first-order valence-corrected chi connectivity index (χ1v) is 2.93. The second-order valence-electron chi connectivity index (χ2n) is 2.96. The van der Waals surface area contributed by atoms with Crippen molar-refractivity contribution in [3.8, 4) is 0 Å². The van der Waals surface area contributed by atoms with E-state index in [-0.39, 0.29) is 0 Å². The molecule has 0 radical (unpaired) electrons. The lowest BCUT2D eigenvalue weighted by Gasteiger charge is -2.18. The van der Waals surface area contributed by atoms with Gasteiger partial charge in [0.2, 0.25) is 0 Å². The summed E-state index contributed by atoms with van der Waals surface area (Å²) < 4.78 is 0. The lowest BCUT2D eigenvalue weighted by Crippen LogP contribution is -2.36. The van der Waals surface area contributed by atoms with Gasteiger partial charge in [-0.05, 0) is 19.3 Å². The van der Waals surface area contributed by atoms with Crippen molar-refractivity contribution in [2.75, 3.05) is 0 Å². The van der Waals surface area contributed by atoms with E-state index in [4.69, 9.17) is 10.8 Å². The van der Waals surface area contributed by atoms with Crippen LogP contribution in [-0.2, 0) is 0 Å². The van der Waals surface area contributed by atoms with Gasteiger partial charge in [0.15, 0.2) is 0 Å². The number of hydrogen-bond donors (Lipinski definition) is 2. The predicted octanol–water partition coefficient (Wildman–Crippen LogP) is 0.700. The summed E-state index contributed by atoms with van der Waals surface area (Å²) in [6.45, 7) is 5.68. The summed E-state index contributed by atoms with van der Waals surface area (Å²) in [4.78, 5) is 0. The highest BCUT2D eigenvalue weighted by molar-refractivity contribution is 4.64. The molecule has 0 bridgehead atoms. The quantitative estimate of drug-likeness (QED) is 0.523. The van der Waals surface area contributed by atoms with Crippen LogP contribution in [0.4, 0.5) is 0 Å². The van der Waals surface area contributed by atoms with Crippen molar-refractivity contribution in [2.24, 2.45) is 11.7 Å². The van der Waals surface area contributed by atoms with E-state index in [9.17, 15) is 0 Å². The van der Waals surface area contributed by atoms with E-state index < -0.39 is 5.72 Å². The lowest BCUT2D eigenvalue weighted by molar-refractivity contribution is 0.0452. The zero-order chi connectivity index (χ0) is 6.78. The van der Waals surface area contributed by atoms with Crippen molar-refractivity contribution in [1.29, 1.82) is 0 Å². The lowest BCUT2D eigenvalue weighted by atomic mass is 10.0. The summed E-state index contributed by atoms with van der Waals surface area (Å²) in [6, 6.07) is 0. The van der Waals surface area contributed by atoms with Crippen LogP contribution in [0, 0.1) is 5.92 Å². The molecule has 0 fully saturated rings. The van der Waals surface area contributed by atoms with E-state index >= 15 is 0 Å². The summed E-state index contributed by atoms with van der Waals surface area (Å²) in [5, 5.41) is 8.97. The zero-order valence-corrected chi connectivity index (χ0v) is 5.81. The van der Waals surface area contributed by atoms with Crippen molar-refractivity contribution in [3.63, 3.8) is 0 Å². The van der Waals surface area contributed by atoms with Gasteiger partial charge in [-0.1, -0.05) is 13.8 Å². The van der Waals surface area contributed by atoms with E-state index in [0.29, 0.717) is 12.3 Å². The Kier molecular flexibility index (Phi) is 2.44. The molecule has 0 aliphatic rings. The van der Waals surface area contributed by atoms with E-state index in [2.05, 4.69) is 0 Å². The Morgan fingerprint density at radius 3 is 2.00 bits per heavy atom. The summed E-state index contributed by atoms with van der Waals surface area (Å²) >= 11 is 0. The Balaban J connectivity index is 3.39. The monoisotopic (exact) mass is 117 g/mol. The minimum absolute atomic E-state index is 0.468. The molecule has 0 aromatic rings. The average molecular weight is 117 g/mol. The van der Waals surface area contributed by atoms with Crippen molar-refractivity contribution in [3.05, 3.63) is 0 Å². The van der Waals surface area contributed by atoms with Crippen LogP contribution >= 0.6 is 0 Å². The maximum atomic E-state index is 8.97. The Morgan fingerprint density at radius 1 is 1.62 bits per heavy atom. The fourth-order valence-electron chi connectivity index (χ4n) is 0.827. The van der Waals surface area contributed by atoms with Crippen LogP contribution in [0.5, 0.6) is 0 Å². The van der Waals surface area contributed by atoms with Gasteiger partial charge < -0.3 is 10.8 Å². The minimum atomic E-state index is -0.978. The fraction of sp³-hybridized carbons (Fsp3) is 1.00. The average Bonchev–Trinajstić information content (AvgIpc) is 1.21. The van der Waals surface area contributed by atoms with Crippen LogP contribution in [-0.4, -0.2) is 10.8 Å². The normalized spacial score (nSPS) is 18.8. The molecule has 0 aliphatic heterocycles. The largest absolute Gasteiger partial charge is 0.376 e. The molecule has 2 heteroatoms. The molecular weight excluding hydrogens is 102 g/mol. The number of hydrogen-bond acceptors (Lipinski definition) is 2. The van der Waals surface area contributed by atoms with Gasteiger partial charge in [-0.15, -0.1) is 0 Å². The summed E-state index contributed by atoms with van der Waals surface area (Å²) in [5.41, 5.74) is 4.31. The standard InChI is InChI=1S/C6H15NO/c1-5(2)4-6(3,7)8/h5,8H,4,7H2,1-3H3/t6-/m0/s1. The van der Waals surface area contributed by atoms with Gasteiger partial charge >= 0.3 is 0 Å². The van der Waals surface area contributed by atoms with Crippen molar-refractivity contribution in [1.82, 2.24) is 0 Å². The van der Waals surface area contributed by atoms with Gasteiger partial charge in [0.1, 0.15) is 5.72 Å². The highest BCUT2D eigenvalue weighted by Crippen LogP contribution is 2.08. The Hall–Kier alpha value is -0.0800. The molecule has 3 N–H and O–H groups in total. The van der Waals surface area contributed by atoms with Crippen molar-refractivity contribution < 1.29 is 5.11 Å². The summed E-state index contributed by atoms with van der Waals surface area (Å²) in [5.74, 6) is 0.468. The highest BCUT2D eigenvalue weighted by Gasteiger charge is 2.13. The first-order chi connectivity index (χ1) is 3.42. The predicted molar refractivity (Wildman–Crippen MR) is 34.3 cm³/mol. The van der Waals surface area contributed by atoms with Crippen LogP contribution in [0.3, 0.4) is 0 Å². The molecule has 50 valence electrons. The Bertz CT molecular complexity index is 63.4. The molecule has 0 saturated carbocycles.